The van der Waals surface area contributed by atoms with E-state index < -0.39 is 47.8 Å². The van der Waals surface area contributed by atoms with Crippen LogP contribution in [0.3, 0.4) is 0 Å². The highest BCUT2D eigenvalue weighted by Gasteiger charge is 2.26. The fraction of sp³-hybridized carbons (Fsp3) is 0.333. The number of aromatic nitrogens is 4. The molecular formula is C24H24N8O8. The molecular weight excluding hydrogens is 528 g/mol. The normalized spacial score (nSPS) is 22.5. The molecule has 5 heterocycles. The summed E-state index contributed by atoms with van der Waals surface area (Å²) in [7, 11) is 0. The highest BCUT2D eigenvalue weighted by atomic mass is 16.4. The average Bonchev–Trinajstić information content (AvgIpc) is 3.74. The van der Waals surface area contributed by atoms with Crippen molar-refractivity contribution >= 4 is 23.6 Å². The summed E-state index contributed by atoms with van der Waals surface area (Å²) in [5.74, 6) is -2.09. The van der Waals surface area contributed by atoms with Crippen molar-refractivity contribution in [2.45, 2.75) is 51.9 Å². The molecule has 0 aromatic carbocycles. The van der Waals surface area contributed by atoms with Crippen LogP contribution in [-0.4, -0.2) is 43.6 Å². The third-order valence-corrected chi connectivity index (χ3v) is 5.89. The molecule has 5 rings (SSSR count). The molecule has 16 nitrogen and oxygen atoms in total. The number of fused-ring (bicyclic) bond motifs is 8. The number of nitrogens with one attached hydrogen (secondary N) is 4. The maximum absolute atomic E-state index is 12.7. The zero-order chi connectivity index (χ0) is 28.6. The van der Waals surface area contributed by atoms with Gasteiger partial charge in [-0.15, -0.1) is 0 Å². The Balaban J connectivity index is 1.42. The quantitative estimate of drug-likeness (QED) is 0.246. The van der Waals surface area contributed by atoms with Crippen LogP contribution in [0.4, 0.5) is 0 Å². The van der Waals surface area contributed by atoms with Gasteiger partial charge in [-0.05, 0) is 27.7 Å². The summed E-state index contributed by atoms with van der Waals surface area (Å²) < 4.78 is 21.5. The van der Waals surface area contributed by atoms with Crippen LogP contribution >= 0.6 is 0 Å². The summed E-state index contributed by atoms with van der Waals surface area (Å²) in [5.41, 5.74) is -0.188. The van der Waals surface area contributed by atoms with Gasteiger partial charge in [0.15, 0.2) is 22.8 Å². The number of nitrogens with zero attached hydrogens (tertiary/aromatic N) is 4. The Morgan fingerprint density at radius 1 is 0.450 bits per heavy atom. The smallest absolute Gasteiger partial charge is 0.273 e. The minimum Gasteiger partial charge on any atom is -0.446 e. The van der Waals surface area contributed by atoms with Gasteiger partial charge >= 0.3 is 0 Å². The lowest BCUT2D eigenvalue weighted by Crippen LogP contribution is -2.30. The standard InChI is InChI=1S/C24H24N8O8/c1-9-21-29-14(5-37-21)18(34)26-11(3)23-31-16(7-39-23)20(36)28-12(4)24-32-15(8-40-24)19(35)27-10(2)22-30-13(6-38-22)17(33)25-9/h5-12H,1-4H3,(H,25,33)(H,26,34)(H,27,35)(H,28,36). The van der Waals surface area contributed by atoms with Gasteiger partial charge in [-0.1, -0.05) is 0 Å². The molecule has 4 N–H and O–H groups in total. The molecule has 4 aromatic rings. The topological polar surface area (TPSA) is 221 Å². The van der Waals surface area contributed by atoms with Crippen molar-refractivity contribution in [3.8, 4) is 0 Å². The Morgan fingerprint density at radius 2 is 0.650 bits per heavy atom. The monoisotopic (exact) mass is 552 g/mol. The van der Waals surface area contributed by atoms with E-state index in [1.165, 1.54) is 0 Å². The molecule has 4 amide bonds. The second-order valence-corrected chi connectivity index (χ2v) is 9.06. The number of oxazole rings is 4. The molecule has 4 atom stereocenters. The summed E-state index contributed by atoms with van der Waals surface area (Å²) in [5, 5.41) is 10.6. The fourth-order valence-electron chi connectivity index (χ4n) is 3.69. The molecule has 4 aromatic heterocycles. The lowest BCUT2D eigenvalue weighted by Gasteiger charge is -2.10. The number of rotatable bonds is 0. The van der Waals surface area contributed by atoms with E-state index in [4.69, 9.17) is 17.7 Å². The van der Waals surface area contributed by atoms with Gasteiger partial charge < -0.3 is 38.9 Å². The van der Waals surface area contributed by atoms with Gasteiger partial charge in [0.25, 0.3) is 23.6 Å². The lowest BCUT2D eigenvalue weighted by atomic mass is 10.3. The van der Waals surface area contributed by atoms with Crippen LogP contribution in [0.15, 0.2) is 42.7 Å². The zero-order valence-electron chi connectivity index (χ0n) is 21.7. The first-order valence-corrected chi connectivity index (χ1v) is 12.1. The van der Waals surface area contributed by atoms with E-state index >= 15 is 0 Å². The minimum absolute atomic E-state index is 0.0469. The molecule has 0 spiro atoms. The first kappa shape index (κ1) is 26.3. The van der Waals surface area contributed by atoms with E-state index in [1.54, 1.807) is 27.7 Å². The second-order valence-electron chi connectivity index (χ2n) is 9.06. The predicted octanol–water partition coefficient (Wildman–Crippen LogP) is 1.92. The van der Waals surface area contributed by atoms with Gasteiger partial charge in [-0.2, -0.15) is 0 Å². The van der Waals surface area contributed by atoms with Crippen molar-refractivity contribution in [2.24, 2.45) is 0 Å². The Kier molecular flexibility index (Phi) is 6.89. The van der Waals surface area contributed by atoms with Crippen molar-refractivity contribution < 1.29 is 36.8 Å². The minimum atomic E-state index is -0.731. The predicted molar refractivity (Wildman–Crippen MR) is 130 cm³/mol. The van der Waals surface area contributed by atoms with Crippen molar-refractivity contribution in [3.05, 3.63) is 71.4 Å². The molecule has 40 heavy (non-hydrogen) atoms. The molecule has 208 valence electrons. The van der Waals surface area contributed by atoms with Crippen LogP contribution in [0.5, 0.6) is 0 Å². The van der Waals surface area contributed by atoms with Crippen LogP contribution in [0.25, 0.3) is 0 Å². The summed E-state index contributed by atoms with van der Waals surface area (Å²) in [6.45, 7) is 6.42. The highest BCUT2D eigenvalue weighted by molar-refractivity contribution is 5.94. The van der Waals surface area contributed by atoms with E-state index in [9.17, 15) is 19.2 Å². The van der Waals surface area contributed by atoms with E-state index in [-0.39, 0.29) is 46.3 Å². The SMILES string of the molecule is CC1NC(=O)c2coc(n2)C(C)NC(=O)c2coc(n2)C(C)NC(=O)c2coc(n2)C(C)NC(=O)c2coc1n2. The molecule has 0 aliphatic carbocycles. The molecule has 0 saturated carbocycles. The number of carbonyl (C=O) groups excluding carboxylic acids is 4. The number of hydrogen-bond donors (Lipinski definition) is 4. The highest BCUT2D eigenvalue weighted by Crippen LogP contribution is 2.19. The van der Waals surface area contributed by atoms with Crippen molar-refractivity contribution in [2.75, 3.05) is 0 Å². The molecule has 4 unspecified atom stereocenters. The number of hydrogen-bond acceptors (Lipinski definition) is 12. The van der Waals surface area contributed by atoms with Gasteiger partial charge in [-0.25, -0.2) is 19.9 Å². The zero-order valence-corrected chi connectivity index (χ0v) is 21.7. The molecule has 8 bridgehead atoms. The van der Waals surface area contributed by atoms with Crippen LogP contribution in [-0.2, 0) is 0 Å². The van der Waals surface area contributed by atoms with Crippen molar-refractivity contribution in [1.29, 1.82) is 0 Å². The average molecular weight is 553 g/mol. The van der Waals surface area contributed by atoms with Crippen LogP contribution in [0.1, 0.15) is 117 Å². The molecule has 1 aliphatic heterocycles. The molecule has 16 heteroatoms. The van der Waals surface area contributed by atoms with E-state index in [0.717, 1.165) is 25.1 Å². The number of carbonyl (C=O) groups is 4. The van der Waals surface area contributed by atoms with Gasteiger partial charge in [0.1, 0.15) is 49.2 Å². The Morgan fingerprint density at radius 3 is 0.850 bits per heavy atom. The Hall–Kier alpha value is -5.28. The van der Waals surface area contributed by atoms with Gasteiger partial charge in [0.05, 0.1) is 0 Å². The van der Waals surface area contributed by atoms with Crippen LogP contribution < -0.4 is 21.3 Å². The van der Waals surface area contributed by atoms with Crippen molar-refractivity contribution in [1.82, 2.24) is 41.2 Å². The lowest BCUT2D eigenvalue weighted by molar-refractivity contribution is 0.0921. The van der Waals surface area contributed by atoms with Gasteiger partial charge in [0.2, 0.25) is 23.6 Å². The van der Waals surface area contributed by atoms with Gasteiger partial charge in [0, 0.05) is 0 Å². The van der Waals surface area contributed by atoms with Crippen LogP contribution in [0, 0.1) is 0 Å². The molecule has 0 saturated heterocycles. The molecule has 0 fully saturated rings. The van der Waals surface area contributed by atoms with E-state index in [0.29, 0.717) is 0 Å². The maximum atomic E-state index is 12.7. The fourth-order valence-corrected chi connectivity index (χ4v) is 3.69. The summed E-state index contributed by atoms with van der Waals surface area (Å²) >= 11 is 0. The summed E-state index contributed by atoms with van der Waals surface area (Å²) in [6, 6.07) is -2.92. The first-order chi connectivity index (χ1) is 19.1. The third kappa shape index (κ3) is 5.31. The Labute approximate surface area is 225 Å². The molecule has 0 radical (unpaired) electrons. The van der Waals surface area contributed by atoms with Gasteiger partial charge in [-0.3, -0.25) is 19.2 Å². The van der Waals surface area contributed by atoms with Crippen LogP contribution in [0.2, 0.25) is 0 Å². The van der Waals surface area contributed by atoms with Crippen molar-refractivity contribution in [3.63, 3.8) is 0 Å². The largest absolute Gasteiger partial charge is 0.446 e. The second kappa shape index (κ2) is 10.5. The Bertz CT molecular complexity index is 1350. The maximum Gasteiger partial charge on any atom is 0.273 e. The summed E-state index contributed by atoms with van der Waals surface area (Å²) in [6.07, 6.45) is 4.57. The first-order valence-electron chi connectivity index (χ1n) is 12.1. The number of amides is 4. The summed E-state index contributed by atoms with van der Waals surface area (Å²) in [4.78, 5) is 67.4. The molecule has 1 aliphatic rings. The van der Waals surface area contributed by atoms with E-state index in [2.05, 4.69) is 41.2 Å². The van der Waals surface area contributed by atoms with E-state index in [1.807, 2.05) is 0 Å². The third-order valence-electron chi connectivity index (χ3n) is 5.89.